The number of allylic oxidation sites excluding steroid dienone is 2. The first-order valence-corrected chi connectivity index (χ1v) is 9.48. The molecule has 4 heteroatoms. The Balaban J connectivity index is 4.72. The van der Waals surface area contributed by atoms with Crippen molar-refractivity contribution < 1.29 is 0 Å². The molecule has 0 spiro atoms. The first kappa shape index (κ1) is 15.6. The summed E-state index contributed by atoms with van der Waals surface area (Å²) in [6.07, 6.45) is 5.91. The van der Waals surface area contributed by atoms with Gasteiger partial charge in [0.15, 0.2) is 6.71 Å². The average molecular weight is 264 g/mol. The van der Waals surface area contributed by atoms with Gasteiger partial charge in [-0.05, 0) is 6.42 Å². The molecule has 0 saturated heterocycles. The average Bonchev–Trinajstić information content (AvgIpc) is 2.19. The van der Waals surface area contributed by atoms with Crippen molar-refractivity contribution in [3.63, 3.8) is 0 Å². The molecule has 0 rings (SSSR count). The van der Waals surface area contributed by atoms with Gasteiger partial charge in [-0.3, -0.25) is 0 Å². The van der Waals surface area contributed by atoms with Crippen LogP contribution < -0.4 is 0 Å². The lowest BCUT2D eigenvalue weighted by molar-refractivity contribution is 0.804. The SMILES string of the molecule is CCCC/C(=C(/C)B(CC)CC)[Si](Cl)Cl. The maximum Gasteiger partial charge on any atom is 0.302 e. The summed E-state index contributed by atoms with van der Waals surface area (Å²) in [6, 6.07) is 0. The second-order valence-corrected chi connectivity index (χ2v) is 8.01. The molecule has 0 bridgehead atoms. The van der Waals surface area contributed by atoms with Crippen molar-refractivity contribution >= 4 is 36.3 Å². The van der Waals surface area contributed by atoms with E-state index < -0.39 is 7.42 Å². The molecule has 0 aliphatic rings. The van der Waals surface area contributed by atoms with E-state index in [2.05, 4.69) is 27.7 Å². The van der Waals surface area contributed by atoms with E-state index in [4.69, 9.17) is 22.2 Å². The van der Waals surface area contributed by atoms with E-state index >= 15 is 0 Å². The minimum absolute atomic E-state index is 0.675. The van der Waals surface area contributed by atoms with Crippen LogP contribution in [0.5, 0.6) is 0 Å². The van der Waals surface area contributed by atoms with Crippen LogP contribution in [0.1, 0.15) is 47.0 Å². The van der Waals surface area contributed by atoms with Crippen molar-refractivity contribution in [3.8, 4) is 0 Å². The topological polar surface area (TPSA) is 0 Å². The fraction of sp³-hybridized carbons (Fsp3) is 0.818. The van der Waals surface area contributed by atoms with Crippen molar-refractivity contribution in [2.24, 2.45) is 0 Å². The third-order valence-corrected chi connectivity index (χ3v) is 5.55. The van der Waals surface area contributed by atoms with E-state index in [1.165, 1.54) is 36.2 Å². The van der Waals surface area contributed by atoms with Crippen LogP contribution >= 0.6 is 22.2 Å². The molecule has 0 aromatic heterocycles. The molecule has 0 saturated carbocycles. The number of unbranched alkanes of at least 4 members (excludes halogenated alkanes) is 1. The van der Waals surface area contributed by atoms with Crippen molar-refractivity contribution in [1.29, 1.82) is 0 Å². The van der Waals surface area contributed by atoms with Gasteiger partial charge < -0.3 is 0 Å². The molecule has 0 aromatic rings. The third kappa shape index (κ3) is 5.46. The van der Waals surface area contributed by atoms with Crippen LogP contribution in [0.2, 0.25) is 12.6 Å². The number of rotatable bonds is 7. The quantitative estimate of drug-likeness (QED) is 0.444. The van der Waals surface area contributed by atoms with Gasteiger partial charge in [-0.2, -0.15) is 0 Å². The van der Waals surface area contributed by atoms with Crippen LogP contribution in [0, 0.1) is 0 Å². The zero-order chi connectivity index (χ0) is 11.8. The maximum atomic E-state index is 6.14. The largest absolute Gasteiger partial charge is 0.302 e. The number of hydrogen-bond donors (Lipinski definition) is 0. The molecule has 0 aromatic carbocycles. The Kier molecular flexibility index (Phi) is 9.07. The lowest BCUT2D eigenvalue weighted by Crippen LogP contribution is -2.17. The van der Waals surface area contributed by atoms with Crippen LogP contribution in [-0.2, 0) is 0 Å². The zero-order valence-corrected chi connectivity index (χ0v) is 12.9. The van der Waals surface area contributed by atoms with Crippen LogP contribution in [-0.4, -0.2) is 14.1 Å². The van der Waals surface area contributed by atoms with Crippen LogP contribution in [0.3, 0.4) is 0 Å². The highest BCUT2D eigenvalue weighted by Gasteiger charge is 2.20. The Morgan fingerprint density at radius 3 is 2.00 bits per heavy atom. The summed E-state index contributed by atoms with van der Waals surface area (Å²) in [6.45, 7) is 9.58. The molecule has 15 heavy (non-hydrogen) atoms. The van der Waals surface area contributed by atoms with Crippen molar-refractivity contribution in [2.45, 2.75) is 59.6 Å². The lowest BCUT2D eigenvalue weighted by Gasteiger charge is -2.16. The van der Waals surface area contributed by atoms with Gasteiger partial charge >= 0.3 is 7.42 Å². The van der Waals surface area contributed by atoms with Gasteiger partial charge in [0.25, 0.3) is 0 Å². The summed E-state index contributed by atoms with van der Waals surface area (Å²) in [5.74, 6) is 0. The zero-order valence-electron chi connectivity index (χ0n) is 10.4. The monoisotopic (exact) mass is 263 g/mol. The van der Waals surface area contributed by atoms with Crippen molar-refractivity contribution in [2.75, 3.05) is 0 Å². The Labute approximate surface area is 107 Å². The molecule has 0 fully saturated rings. The standard InChI is InChI=1S/C11H22BCl2Si/c1-5-8-9-11(15(13)14)10(4)12(6-2)7-3/h5-9H2,1-4H3/b11-10+. The maximum absolute atomic E-state index is 6.14. The molecule has 87 valence electrons. The molecule has 0 N–H and O–H groups in total. The highest BCUT2D eigenvalue weighted by Crippen LogP contribution is 2.24. The van der Waals surface area contributed by atoms with Crippen molar-refractivity contribution in [1.82, 2.24) is 0 Å². The fourth-order valence-corrected chi connectivity index (χ4v) is 4.27. The molecular formula is C11H22BCl2Si. The van der Waals surface area contributed by atoms with Crippen LogP contribution in [0.15, 0.2) is 10.7 Å². The normalized spacial score (nSPS) is 13.0. The predicted molar refractivity (Wildman–Crippen MR) is 76.4 cm³/mol. The molecule has 0 unspecified atom stereocenters. The Bertz CT molecular complexity index is 201. The summed E-state index contributed by atoms with van der Waals surface area (Å²) in [5, 5.41) is 1.36. The Hall–Kier alpha value is 0.602. The van der Waals surface area contributed by atoms with Gasteiger partial charge in [-0.1, -0.05) is 58.4 Å². The van der Waals surface area contributed by atoms with Crippen LogP contribution in [0.4, 0.5) is 0 Å². The number of hydrogen-bond acceptors (Lipinski definition) is 0. The van der Waals surface area contributed by atoms with E-state index in [0.717, 1.165) is 6.42 Å². The Morgan fingerprint density at radius 1 is 1.13 bits per heavy atom. The molecule has 0 heterocycles. The van der Waals surface area contributed by atoms with Gasteiger partial charge in [-0.15, -0.1) is 27.6 Å². The lowest BCUT2D eigenvalue weighted by atomic mass is 9.41. The molecule has 0 atom stereocenters. The molecule has 1 radical (unpaired) electrons. The molecule has 0 aliphatic carbocycles. The van der Waals surface area contributed by atoms with E-state index in [-0.39, 0.29) is 0 Å². The highest BCUT2D eigenvalue weighted by atomic mass is 35.7. The first-order valence-electron chi connectivity index (χ1n) is 5.96. The van der Waals surface area contributed by atoms with E-state index in [1.807, 2.05) is 0 Å². The summed E-state index contributed by atoms with van der Waals surface area (Å²) < 4.78 is 0. The van der Waals surface area contributed by atoms with Gasteiger partial charge in [0.05, 0.1) is 0 Å². The third-order valence-electron chi connectivity index (χ3n) is 3.08. The molecular weight excluding hydrogens is 242 g/mol. The number of halogens is 2. The molecule has 0 amide bonds. The second-order valence-electron chi connectivity index (χ2n) is 4.04. The van der Waals surface area contributed by atoms with Crippen LogP contribution in [0.25, 0.3) is 0 Å². The van der Waals surface area contributed by atoms with E-state index in [0.29, 0.717) is 6.71 Å². The fourth-order valence-electron chi connectivity index (χ4n) is 1.94. The van der Waals surface area contributed by atoms with E-state index in [9.17, 15) is 0 Å². The summed E-state index contributed by atoms with van der Waals surface area (Å²) >= 11 is 12.3. The highest BCUT2D eigenvalue weighted by molar-refractivity contribution is 7.37. The van der Waals surface area contributed by atoms with Gasteiger partial charge in [-0.25, -0.2) is 0 Å². The van der Waals surface area contributed by atoms with Crippen molar-refractivity contribution in [3.05, 3.63) is 10.7 Å². The smallest absolute Gasteiger partial charge is 0.141 e. The summed E-state index contributed by atoms with van der Waals surface area (Å²) in [7, 11) is -1.28. The predicted octanol–water partition coefficient (Wildman–Crippen LogP) is 5.07. The minimum atomic E-state index is -1.28. The first-order chi connectivity index (χ1) is 7.08. The van der Waals surface area contributed by atoms with Gasteiger partial charge in [0, 0.05) is 0 Å². The van der Waals surface area contributed by atoms with E-state index in [1.54, 1.807) is 0 Å². The Morgan fingerprint density at radius 2 is 1.67 bits per heavy atom. The van der Waals surface area contributed by atoms with Gasteiger partial charge in [0.2, 0.25) is 0 Å². The summed E-state index contributed by atoms with van der Waals surface area (Å²) in [5.41, 5.74) is 1.47. The second kappa shape index (κ2) is 8.72. The van der Waals surface area contributed by atoms with Gasteiger partial charge in [0.1, 0.15) is 0 Å². The molecule has 0 nitrogen and oxygen atoms in total. The molecule has 0 aliphatic heterocycles. The minimum Gasteiger partial charge on any atom is -0.141 e. The summed E-state index contributed by atoms with van der Waals surface area (Å²) in [4.78, 5) is 0.